The van der Waals surface area contributed by atoms with E-state index in [1.165, 1.54) is 0 Å². The molecule has 0 aliphatic rings. The topological polar surface area (TPSA) is 94.1 Å². The number of benzene rings is 3. The molecule has 5 aromatic rings. The number of aromatic amines is 1. The van der Waals surface area contributed by atoms with Crippen LogP contribution in [0.25, 0.3) is 11.0 Å². The van der Waals surface area contributed by atoms with Crippen molar-refractivity contribution in [3.63, 3.8) is 0 Å². The number of carbonyl (C=O) groups excluding carboxylic acids is 1. The summed E-state index contributed by atoms with van der Waals surface area (Å²) in [6.45, 7) is 1.67. The predicted octanol–water partition coefficient (Wildman–Crippen LogP) is 6.04. The number of carbonyl (C=O) groups is 1. The second kappa shape index (κ2) is 12.0. The van der Waals surface area contributed by atoms with Gasteiger partial charge in [-0.15, -0.1) is 0 Å². The Bertz CT molecular complexity index is 1500. The number of nitrogens with zero attached hydrogens (tertiary/aromatic N) is 3. The lowest BCUT2D eigenvalue weighted by atomic mass is 10.2. The van der Waals surface area contributed by atoms with Crippen molar-refractivity contribution >= 4 is 40.1 Å². The molecule has 5 rings (SSSR count). The van der Waals surface area contributed by atoms with Crippen LogP contribution in [0.4, 0.5) is 0 Å². The summed E-state index contributed by atoms with van der Waals surface area (Å²) < 4.78 is 14.1. The van der Waals surface area contributed by atoms with Crippen molar-refractivity contribution in [1.82, 2.24) is 24.8 Å². The van der Waals surface area contributed by atoms with E-state index in [1.54, 1.807) is 48.9 Å². The van der Waals surface area contributed by atoms with Gasteiger partial charge in [-0.25, -0.2) is 9.97 Å². The highest BCUT2D eigenvalue weighted by Gasteiger charge is 2.14. The molecule has 3 aromatic carbocycles. The van der Waals surface area contributed by atoms with Gasteiger partial charge < -0.3 is 24.3 Å². The third-order valence-electron chi connectivity index (χ3n) is 5.84. The number of aromatic nitrogens is 4. The van der Waals surface area contributed by atoms with Gasteiger partial charge in [-0.05, 0) is 48.9 Å². The standard InChI is InChI=1S/C28H25Cl2N5O3/c29-21-8-6-20(22(30)15-21)16-37-26-14-19(28(36)32-10-3-12-35-13-11-31-18-35)7-9-25(26)38-17-27-33-23-4-1-2-5-24(23)34-27/h1-2,4-9,11,13-15,18H,3,10,12,16-17H2,(H,32,36)(H,33,34). The van der Waals surface area contributed by atoms with Crippen molar-refractivity contribution in [2.75, 3.05) is 6.54 Å². The number of H-pyrrole nitrogens is 1. The van der Waals surface area contributed by atoms with Gasteiger partial charge in [0.25, 0.3) is 5.91 Å². The van der Waals surface area contributed by atoms with Crippen LogP contribution in [-0.2, 0) is 19.8 Å². The van der Waals surface area contributed by atoms with E-state index < -0.39 is 0 Å². The summed E-state index contributed by atoms with van der Waals surface area (Å²) in [5.74, 6) is 1.37. The Morgan fingerprint density at radius 1 is 1.00 bits per heavy atom. The highest BCUT2D eigenvalue weighted by atomic mass is 35.5. The SMILES string of the molecule is O=C(NCCCn1ccnc1)c1ccc(OCc2nc3ccccc3[nH]2)c(OCc2ccc(Cl)cc2Cl)c1. The molecule has 2 aromatic heterocycles. The minimum absolute atomic E-state index is 0.174. The number of halogens is 2. The summed E-state index contributed by atoms with van der Waals surface area (Å²) in [6.07, 6.45) is 6.15. The monoisotopic (exact) mass is 549 g/mol. The van der Waals surface area contributed by atoms with Crippen LogP contribution in [0.5, 0.6) is 11.5 Å². The van der Waals surface area contributed by atoms with E-state index in [-0.39, 0.29) is 19.1 Å². The first-order chi connectivity index (χ1) is 18.5. The third-order valence-corrected chi connectivity index (χ3v) is 6.43. The average molecular weight is 550 g/mol. The molecule has 0 saturated carbocycles. The molecule has 194 valence electrons. The summed E-state index contributed by atoms with van der Waals surface area (Å²) >= 11 is 12.3. The minimum Gasteiger partial charge on any atom is -0.485 e. The summed E-state index contributed by atoms with van der Waals surface area (Å²) in [7, 11) is 0. The van der Waals surface area contributed by atoms with E-state index in [9.17, 15) is 4.79 Å². The summed E-state index contributed by atoms with van der Waals surface area (Å²) in [4.78, 5) is 24.7. The Morgan fingerprint density at radius 2 is 1.87 bits per heavy atom. The molecule has 0 atom stereocenters. The number of aryl methyl sites for hydroxylation is 1. The molecule has 0 radical (unpaired) electrons. The number of hydrogen-bond acceptors (Lipinski definition) is 5. The lowest BCUT2D eigenvalue weighted by Gasteiger charge is -2.15. The Balaban J connectivity index is 1.29. The highest BCUT2D eigenvalue weighted by molar-refractivity contribution is 6.35. The maximum atomic E-state index is 12.8. The molecule has 2 N–H and O–H groups in total. The van der Waals surface area contributed by atoms with Gasteiger partial charge in [-0.1, -0.05) is 41.4 Å². The molecule has 0 saturated heterocycles. The summed E-state index contributed by atoms with van der Waals surface area (Å²) in [5.41, 5.74) is 3.01. The van der Waals surface area contributed by atoms with Crippen LogP contribution in [0.3, 0.4) is 0 Å². The Morgan fingerprint density at radius 3 is 2.68 bits per heavy atom. The van der Waals surface area contributed by atoms with Crippen molar-refractivity contribution < 1.29 is 14.3 Å². The van der Waals surface area contributed by atoms with Crippen molar-refractivity contribution in [3.05, 3.63) is 106 Å². The molecule has 0 aliphatic heterocycles. The molecule has 0 bridgehead atoms. The van der Waals surface area contributed by atoms with E-state index in [1.807, 2.05) is 35.0 Å². The van der Waals surface area contributed by atoms with Crippen molar-refractivity contribution in [3.8, 4) is 11.5 Å². The highest BCUT2D eigenvalue weighted by Crippen LogP contribution is 2.31. The van der Waals surface area contributed by atoms with Gasteiger partial charge in [0.1, 0.15) is 19.0 Å². The Kier molecular flexibility index (Phi) is 8.11. The first-order valence-corrected chi connectivity index (χ1v) is 12.8. The Hall–Kier alpha value is -4.01. The molecule has 2 heterocycles. The second-order valence-corrected chi connectivity index (χ2v) is 9.43. The molecule has 38 heavy (non-hydrogen) atoms. The Labute approximate surface area is 229 Å². The molecule has 8 nitrogen and oxygen atoms in total. The number of para-hydroxylation sites is 2. The van der Waals surface area contributed by atoms with E-state index >= 15 is 0 Å². The van der Waals surface area contributed by atoms with Crippen LogP contribution in [0.15, 0.2) is 79.4 Å². The minimum atomic E-state index is -0.200. The summed E-state index contributed by atoms with van der Waals surface area (Å²) in [5, 5.41) is 3.99. The average Bonchev–Trinajstić information content (AvgIpc) is 3.59. The van der Waals surface area contributed by atoms with Gasteiger partial charge >= 0.3 is 0 Å². The first kappa shape index (κ1) is 25.6. The molecule has 10 heteroatoms. The predicted molar refractivity (Wildman–Crippen MR) is 147 cm³/mol. The largest absolute Gasteiger partial charge is 0.485 e. The van der Waals surface area contributed by atoms with Gasteiger partial charge in [0.05, 0.1) is 17.4 Å². The lowest BCUT2D eigenvalue weighted by Crippen LogP contribution is -2.25. The normalized spacial score (nSPS) is 11.0. The molecule has 1 amide bonds. The number of ether oxygens (including phenoxy) is 2. The van der Waals surface area contributed by atoms with Crippen molar-refractivity contribution in [2.24, 2.45) is 0 Å². The quantitative estimate of drug-likeness (QED) is 0.196. The number of hydrogen-bond donors (Lipinski definition) is 2. The van der Waals surface area contributed by atoms with Gasteiger partial charge in [0, 0.05) is 46.7 Å². The molecule has 0 unspecified atom stereocenters. The molecular formula is C28H25Cl2N5O3. The van der Waals surface area contributed by atoms with Crippen LogP contribution in [0, 0.1) is 0 Å². The third kappa shape index (κ3) is 6.45. The molecule has 0 spiro atoms. The van der Waals surface area contributed by atoms with E-state index in [0.29, 0.717) is 39.5 Å². The number of amides is 1. The van der Waals surface area contributed by atoms with Gasteiger partial charge in [-0.3, -0.25) is 4.79 Å². The van der Waals surface area contributed by atoms with Crippen molar-refractivity contribution in [1.29, 1.82) is 0 Å². The zero-order valence-electron chi connectivity index (χ0n) is 20.4. The van der Waals surface area contributed by atoms with Crippen LogP contribution < -0.4 is 14.8 Å². The van der Waals surface area contributed by atoms with Crippen LogP contribution in [0.2, 0.25) is 10.0 Å². The van der Waals surface area contributed by atoms with Crippen LogP contribution >= 0.6 is 23.2 Å². The van der Waals surface area contributed by atoms with E-state index in [2.05, 4.69) is 20.3 Å². The first-order valence-electron chi connectivity index (χ1n) is 12.1. The smallest absolute Gasteiger partial charge is 0.251 e. The fourth-order valence-corrected chi connectivity index (χ4v) is 4.34. The van der Waals surface area contributed by atoms with Crippen LogP contribution in [0.1, 0.15) is 28.2 Å². The van der Waals surface area contributed by atoms with Crippen molar-refractivity contribution in [2.45, 2.75) is 26.2 Å². The van der Waals surface area contributed by atoms with E-state index in [0.717, 1.165) is 29.6 Å². The van der Waals surface area contributed by atoms with E-state index in [4.69, 9.17) is 32.7 Å². The molecule has 0 fully saturated rings. The number of nitrogens with one attached hydrogen (secondary N) is 2. The van der Waals surface area contributed by atoms with Gasteiger partial charge in [0.15, 0.2) is 11.5 Å². The number of imidazole rings is 2. The number of fused-ring (bicyclic) bond motifs is 1. The van der Waals surface area contributed by atoms with Gasteiger partial charge in [0.2, 0.25) is 0 Å². The zero-order valence-corrected chi connectivity index (χ0v) is 21.9. The second-order valence-electron chi connectivity index (χ2n) is 8.59. The summed E-state index contributed by atoms with van der Waals surface area (Å²) in [6, 6.07) is 18.1. The lowest BCUT2D eigenvalue weighted by molar-refractivity contribution is 0.0952. The molecular weight excluding hydrogens is 525 g/mol. The maximum Gasteiger partial charge on any atom is 0.251 e. The zero-order chi connectivity index (χ0) is 26.3. The van der Waals surface area contributed by atoms with Crippen LogP contribution in [-0.4, -0.2) is 32.0 Å². The number of rotatable bonds is 11. The molecule has 0 aliphatic carbocycles. The van der Waals surface area contributed by atoms with Gasteiger partial charge in [-0.2, -0.15) is 0 Å². The fourth-order valence-electron chi connectivity index (χ4n) is 3.88. The maximum absolute atomic E-state index is 12.8. The fraction of sp³-hybridized carbons (Fsp3) is 0.179.